The van der Waals surface area contributed by atoms with Gasteiger partial charge >= 0.3 is 0 Å². The van der Waals surface area contributed by atoms with Crippen molar-refractivity contribution < 1.29 is 26.5 Å². The Bertz CT molecular complexity index is 885. The summed E-state index contributed by atoms with van der Waals surface area (Å²) in [4.78, 5) is 12.7. The number of benzene rings is 1. The molecule has 3 rings (SSSR count). The Morgan fingerprint density at radius 3 is 2.28 bits per heavy atom. The number of carbonyl (C=O) groups is 1. The lowest BCUT2D eigenvalue weighted by molar-refractivity contribution is 0.0656. The number of sulfonamides is 1. The van der Waals surface area contributed by atoms with Crippen molar-refractivity contribution >= 4 is 15.9 Å². The molecule has 0 spiro atoms. The van der Waals surface area contributed by atoms with Gasteiger partial charge in [0.1, 0.15) is 11.6 Å². The van der Waals surface area contributed by atoms with Gasteiger partial charge in [0.15, 0.2) is 4.90 Å². The van der Waals surface area contributed by atoms with Crippen LogP contribution in [0.1, 0.15) is 16.2 Å². The third-order valence-electron chi connectivity index (χ3n) is 3.88. The van der Waals surface area contributed by atoms with Gasteiger partial charge in [-0.1, -0.05) is 11.2 Å². The van der Waals surface area contributed by atoms with E-state index in [-0.39, 0.29) is 31.9 Å². The van der Waals surface area contributed by atoms with Crippen LogP contribution in [0.5, 0.6) is 0 Å². The van der Waals surface area contributed by atoms with Crippen molar-refractivity contribution in [2.24, 2.45) is 0 Å². The maximum absolute atomic E-state index is 13.8. The number of rotatable bonds is 3. The summed E-state index contributed by atoms with van der Waals surface area (Å²) >= 11 is 0. The van der Waals surface area contributed by atoms with Crippen molar-refractivity contribution in [1.82, 2.24) is 14.4 Å². The van der Waals surface area contributed by atoms with E-state index >= 15 is 0 Å². The summed E-state index contributed by atoms with van der Waals surface area (Å²) in [6.07, 6.45) is 0. The van der Waals surface area contributed by atoms with Gasteiger partial charge in [-0.3, -0.25) is 4.79 Å². The third-order valence-corrected chi connectivity index (χ3v) is 5.83. The average Bonchev–Trinajstić information content (AvgIpc) is 3.00. The van der Waals surface area contributed by atoms with E-state index in [2.05, 4.69) is 5.16 Å². The summed E-state index contributed by atoms with van der Waals surface area (Å²) in [6.45, 7) is 1.68. The fourth-order valence-electron chi connectivity index (χ4n) is 2.61. The zero-order valence-corrected chi connectivity index (χ0v) is 14.1. The van der Waals surface area contributed by atoms with E-state index in [4.69, 9.17) is 4.52 Å². The van der Waals surface area contributed by atoms with Crippen LogP contribution >= 0.6 is 0 Å². The van der Waals surface area contributed by atoms with Crippen LogP contribution < -0.4 is 0 Å². The van der Waals surface area contributed by atoms with E-state index in [0.717, 1.165) is 22.5 Å². The molecule has 1 fully saturated rings. The minimum Gasteiger partial charge on any atom is -0.351 e. The van der Waals surface area contributed by atoms with E-state index in [1.54, 1.807) is 6.92 Å². The molecule has 0 atom stereocenters. The molecule has 1 aromatic heterocycles. The Morgan fingerprint density at radius 2 is 1.76 bits per heavy atom. The first-order valence-corrected chi connectivity index (χ1v) is 8.91. The lowest BCUT2D eigenvalue weighted by Crippen LogP contribution is -2.50. The summed E-state index contributed by atoms with van der Waals surface area (Å²) < 4.78 is 58.4. The average molecular weight is 371 g/mol. The number of piperazine rings is 1. The van der Waals surface area contributed by atoms with Gasteiger partial charge in [-0.15, -0.1) is 0 Å². The summed E-state index contributed by atoms with van der Waals surface area (Å²) in [5, 5.41) is 3.63. The molecule has 2 aromatic rings. The van der Waals surface area contributed by atoms with Crippen LogP contribution in [0.4, 0.5) is 8.78 Å². The zero-order valence-electron chi connectivity index (χ0n) is 13.3. The number of aryl methyl sites for hydroxylation is 1. The monoisotopic (exact) mass is 371 g/mol. The van der Waals surface area contributed by atoms with Crippen molar-refractivity contribution in [2.75, 3.05) is 26.2 Å². The normalized spacial score (nSPS) is 16.2. The van der Waals surface area contributed by atoms with Crippen molar-refractivity contribution in [2.45, 2.75) is 11.8 Å². The van der Waals surface area contributed by atoms with Crippen LogP contribution in [0, 0.1) is 18.6 Å². The van der Waals surface area contributed by atoms with E-state index in [1.165, 1.54) is 11.0 Å². The number of nitrogens with zero attached hydrogens (tertiary/aromatic N) is 3. The summed E-state index contributed by atoms with van der Waals surface area (Å²) in [6, 6.07) is 4.36. The topological polar surface area (TPSA) is 83.7 Å². The van der Waals surface area contributed by atoms with Gasteiger partial charge in [-0.25, -0.2) is 17.2 Å². The molecule has 0 saturated carbocycles. The number of hydrogen-bond donors (Lipinski definition) is 0. The van der Waals surface area contributed by atoms with Crippen molar-refractivity contribution in [1.29, 1.82) is 0 Å². The molecule has 0 unspecified atom stereocenters. The maximum atomic E-state index is 13.8. The molecule has 25 heavy (non-hydrogen) atoms. The van der Waals surface area contributed by atoms with Gasteiger partial charge in [0.25, 0.3) is 5.91 Å². The van der Waals surface area contributed by atoms with Gasteiger partial charge in [0.05, 0.1) is 5.69 Å². The van der Waals surface area contributed by atoms with Gasteiger partial charge in [-0.05, 0) is 19.1 Å². The molecule has 0 N–H and O–H groups in total. The third kappa shape index (κ3) is 3.27. The number of halogens is 2. The molecule has 0 aliphatic carbocycles. The quantitative estimate of drug-likeness (QED) is 0.815. The van der Waals surface area contributed by atoms with Crippen LogP contribution in [0.3, 0.4) is 0 Å². The number of amides is 1. The molecule has 1 aromatic carbocycles. The standard InChI is InChI=1S/C15H15F2N3O4S/c1-10-9-13(24-18-10)15(21)19-5-7-20(8-6-19)25(22,23)14-11(16)3-2-4-12(14)17/h2-4,9H,5-8H2,1H3. The van der Waals surface area contributed by atoms with E-state index in [0.29, 0.717) is 5.69 Å². The highest BCUT2D eigenvalue weighted by Crippen LogP contribution is 2.24. The van der Waals surface area contributed by atoms with E-state index in [1.807, 2.05) is 0 Å². The summed E-state index contributed by atoms with van der Waals surface area (Å²) in [7, 11) is -4.32. The highest BCUT2D eigenvalue weighted by atomic mass is 32.2. The lowest BCUT2D eigenvalue weighted by Gasteiger charge is -2.33. The number of hydrogen-bond acceptors (Lipinski definition) is 5. The second-order valence-corrected chi connectivity index (χ2v) is 7.45. The van der Waals surface area contributed by atoms with Crippen molar-refractivity contribution in [3.8, 4) is 0 Å². The second kappa shape index (κ2) is 6.52. The molecule has 2 heterocycles. The number of aromatic nitrogens is 1. The minimum absolute atomic E-state index is 0.0638. The van der Waals surface area contributed by atoms with Gasteiger partial charge in [0.2, 0.25) is 15.8 Å². The molecule has 1 aliphatic rings. The van der Waals surface area contributed by atoms with E-state index < -0.39 is 32.5 Å². The predicted octanol–water partition coefficient (Wildman–Crippen LogP) is 1.41. The first-order valence-electron chi connectivity index (χ1n) is 7.47. The van der Waals surface area contributed by atoms with Crippen molar-refractivity contribution in [3.63, 3.8) is 0 Å². The Kier molecular flexibility index (Phi) is 4.56. The predicted molar refractivity (Wildman–Crippen MR) is 82.3 cm³/mol. The fourth-order valence-corrected chi connectivity index (χ4v) is 4.14. The Balaban J connectivity index is 1.75. The minimum atomic E-state index is -4.32. The summed E-state index contributed by atoms with van der Waals surface area (Å²) in [5.41, 5.74) is 0.555. The molecule has 134 valence electrons. The van der Waals surface area contributed by atoms with Gasteiger partial charge < -0.3 is 9.42 Å². The molecule has 0 radical (unpaired) electrons. The Hall–Kier alpha value is -2.33. The first kappa shape index (κ1) is 17.5. The Labute approximate surface area is 142 Å². The summed E-state index contributed by atoms with van der Waals surface area (Å²) in [5.74, 6) is -2.63. The van der Waals surface area contributed by atoms with E-state index in [9.17, 15) is 22.0 Å². The number of carbonyl (C=O) groups excluding carboxylic acids is 1. The van der Waals surface area contributed by atoms with Crippen LogP contribution in [0.15, 0.2) is 33.7 Å². The molecule has 0 bridgehead atoms. The SMILES string of the molecule is Cc1cc(C(=O)N2CCN(S(=O)(=O)c3c(F)cccc3F)CC2)on1. The molecular weight excluding hydrogens is 356 g/mol. The van der Waals surface area contributed by atoms with Crippen LogP contribution in [-0.2, 0) is 10.0 Å². The molecule has 10 heteroatoms. The van der Waals surface area contributed by atoms with Crippen molar-refractivity contribution in [3.05, 3.63) is 47.4 Å². The molecular formula is C15H15F2N3O4S. The molecule has 1 aliphatic heterocycles. The molecule has 7 nitrogen and oxygen atoms in total. The Morgan fingerprint density at radius 1 is 1.16 bits per heavy atom. The first-order chi connectivity index (χ1) is 11.8. The van der Waals surface area contributed by atoms with Gasteiger partial charge in [-0.2, -0.15) is 4.31 Å². The second-order valence-electron chi connectivity index (χ2n) is 5.58. The lowest BCUT2D eigenvalue weighted by atomic mass is 10.3. The smallest absolute Gasteiger partial charge is 0.292 e. The molecule has 1 amide bonds. The fraction of sp³-hybridized carbons (Fsp3) is 0.333. The molecule has 1 saturated heterocycles. The largest absolute Gasteiger partial charge is 0.351 e. The maximum Gasteiger partial charge on any atom is 0.292 e. The highest BCUT2D eigenvalue weighted by molar-refractivity contribution is 7.89. The van der Waals surface area contributed by atoms with Crippen LogP contribution in [0.25, 0.3) is 0 Å². The van der Waals surface area contributed by atoms with Crippen LogP contribution in [-0.4, -0.2) is 54.9 Å². The van der Waals surface area contributed by atoms with Gasteiger partial charge in [0, 0.05) is 32.2 Å². The zero-order chi connectivity index (χ0) is 18.2. The van der Waals surface area contributed by atoms with Crippen LogP contribution in [0.2, 0.25) is 0 Å². The highest BCUT2D eigenvalue weighted by Gasteiger charge is 2.34.